The van der Waals surface area contributed by atoms with Crippen LogP contribution in [0.5, 0.6) is 17.2 Å². The Hall–Kier alpha value is -2.76. The van der Waals surface area contributed by atoms with Gasteiger partial charge in [-0.2, -0.15) is 0 Å². The molecule has 6 heteroatoms. The number of methoxy groups -OCH3 is 3. The van der Waals surface area contributed by atoms with Gasteiger partial charge in [0.05, 0.1) is 32.6 Å². The molecule has 0 aliphatic heterocycles. The van der Waals surface area contributed by atoms with E-state index in [9.17, 15) is 9.59 Å². The molecule has 116 valence electrons. The van der Waals surface area contributed by atoms with Crippen molar-refractivity contribution in [2.45, 2.75) is 0 Å². The van der Waals surface area contributed by atoms with Crippen molar-refractivity contribution < 1.29 is 19.0 Å². The smallest absolute Gasteiger partial charge is 0.261 e. The van der Waals surface area contributed by atoms with Gasteiger partial charge in [-0.25, -0.2) is 0 Å². The van der Waals surface area contributed by atoms with Crippen LogP contribution in [-0.4, -0.2) is 32.2 Å². The summed E-state index contributed by atoms with van der Waals surface area (Å²) in [5, 5.41) is 0. The van der Waals surface area contributed by atoms with E-state index in [1.807, 2.05) is 0 Å². The fourth-order valence-electron chi connectivity index (χ4n) is 2.32. The molecule has 6 nitrogen and oxygen atoms in total. The van der Waals surface area contributed by atoms with Gasteiger partial charge in [-0.15, -0.1) is 0 Å². The molecule has 0 fully saturated rings. The maximum absolute atomic E-state index is 12.1. The maximum Gasteiger partial charge on any atom is 0.261 e. The van der Waals surface area contributed by atoms with Gasteiger partial charge < -0.3 is 18.8 Å². The number of nitrogens with zero attached hydrogens (tertiary/aromatic N) is 1. The summed E-state index contributed by atoms with van der Waals surface area (Å²) in [7, 11) is 6.16. The summed E-state index contributed by atoms with van der Waals surface area (Å²) in [5.41, 5.74) is 1.00. The second-order valence-corrected chi connectivity index (χ2v) is 4.54. The summed E-state index contributed by atoms with van der Waals surface area (Å²) in [5.74, 6) is 1.42. The number of aldehydes is 1. The lowest BCUT2D eigenvalue weighted by atomic mass is 10.1. The minimum Gasteiger partial charge on any atom is -0.493 e. The Bertz CT molecular complexity index is 764. The number of hydrogen-bond acceptors (Lipinski definition) is 5. The Balaban J connectivity index is 2.76. The zero-order chi connectivity index (χ0) is 16.3. The molecule has 0 amide bonds. The lowest BCUT2D eigenvalue weighted by Crippen LogP contribution is -2.22. The average Bonchev–Trinajstić information content (AvgIpc) is 2.55. The van der Waals surface area contributed by atoms with Crippen molar-refractivity contribution in [2.75, 3.05) is 21.3 Å². The van der Waals surface area contributed by atoms with Crippen molar-refractivity contribution in [3.8, 4) is 28.5 Å². The first-order valence-electron chi connectivity index (χ1n) is 6.53. The molecule has 0 N–H and O–H groups in total. The third-order valence-electron chi connectivity index (χ3n) is 3.44. The topological polar surface area (TPSA) is 66.8 Å². The van der Waals surface area contributed by atoms with Crippen LogP contribution in [0.25, 0.3) is 11.3 Å². The predicted octanol–water partition coefficient (Wildman–Crippen LogP) is 1.89. The second-order valence-electron chi connectivity index (χ2n) is 4.54. The van der Waals surface area contributed by atoms with Gasteiger partial charge in [0.25, 0.3) is 5.56 Å². The van der Waals surface area contributed by atoms with Crippen LogP contribution in [0.15, 0.2) is 29.1 Å². The summed E-state index contributed by atoms with van der Waals surface area (Å²) in [4.78, 5) is 23.0. The van der Waals surface area contributed by atoms with Crippen molar-refractivity contribution in [2.24, 2.45) is 7.05 Å². The van der Waals surface area contributed by atoms with E-state index in [4.69, 9.17) is 14.2 Å². The van der Waals surface area contributed by atoms with E-state index in [0.29, 0.717) is 34.8 Å². The molecule has 0 saturated carbocycles. The Morgan fingerprint density at radius 1 is 0.955 bits per heavy atom. The van der Waals surface area contributed by atoms with E-state index < -0.39 is 0 Å². The normalized spacial score (nSPS) is 10.2. The Kier molecular flexibility index (Phi) is 4.50. The van der Waals surface area contributed by atoms with Gasteiger partial charge in [0.1, 0.15) is 0 Å². The minimum absolute atomic E-state index is 0.102. The molecule has 0 bridgehead atoms. The summed E-state index contributed by atoms with van der Waals surface area (Å²) in [6, 6.07) is 6.68. The summed E-state index contributed by atoms with van der Waals surface area (Å²) < 4.78 is 17.4. The largest absolute Gasteiger partial charge is 0.493 e. The molecule has 0 saturated heterocycles. The van der Waals surface area contributed by atoms with Gasteiger partial charge in [-0.3, -0.25) is 9.59 Å². The number of rotatable bonds is 5. The minimum atomic E-state index is -0.371. The summed E-state index contributed by atoms with van der Waals surface area (Å²) >= 11 is 0. The van der Waals surface area contributed by atoms with Gasteiger partial charge in [0.15, 0.2) is 17.8 Å². The lowest BCUT2D eigenvalue weighted by Gasteiger charge is -2.17. The molecule has 1 aromatic carbocycles. The fraction of sp³-hybridized carbons (Fsp3) is 0.250. The van der Waals surface area contributed by atoms with Crippen LogP contribution in [0, 0.1) is 0 Å². The van der Waals surface area contributed by atoms with Crippen molar-refractivity contribution >= 4 is 6.29 Å². The first-order chi connectivity index (χ1) is 10.6. The highest BCUT2D eigenvalue weighted by Crippen LogP contribution is 2.43. The molecule has 0 aliphatic carbocycles. The highest BCUT2D eigenvalue weighted by molar-refractivity contribution is 5.78. The molecule has 0 aliphatic rings. The Labute approximate surface area is 127 Å². The first kappa shape index (κ1) is 15.6. The van der Waals surface area contributed by atoms with Gasteiger partial charge in [-0.05, 0) is 24.3 Å². The van der Waals surface area contributed by atoms with Crippen LogP contribution in [0.4, 0.5) is 0 Å². The van der Waals surface area contributed by atoms with Crippen LogP contribution in [0.2, 0.25) is 0 Å². The quantitative estimate of drug-likeness (QED) is 0.789. The number of aromatic nitrogens is 1. The molecule has 2 rings (SSSR count). The standard InChI is InChI=1S/C16H17NO5/c1-17-12(7-5-10(9-18)16(17)19)11-6-8-13(20-2)15(22-4)14(11)21-3/h5-9H,1-4H3. The number of ether oxygens (including phenoxy) is 3. The molecule has 0 atom stereocenters. The van der Waals surface area contributed by atoms with E-state index in [0.717, 1.165) is 0 Å². The van der Waals surface area contributed by atoms with E-state index >= 15 is 0 Å². The second kappa shape index (κ2) is 6.34. The SMILES string of the molecule is COc1ccc(-c2ccc(C=O)c(=O)n2C)c(OC)c1OC. The molecule has 22 heavy (non-hydrogen) atoms. The number of carbonyl (C=O) groups excluding carboxylic acids is 1. The van der Waals surface area contributed by atoms with Gasteiger partial charge in [0.2, 0.25) is 5.75 Å². The van der Waals surface area contributed by atoms with Gasteiger partial charge >= 0.3 is 0 Å². The average molecular weight is 303 g/mol. The van der Waals surface area contributed by atoms with Crippen LogP contribution < -0.4 is 19.8 Å². The van der Waals surface area contributed by atoms with Crippen LogP contribution >= 0.6 is 0 Å². The van der Waals surface area contributed by atoms with Crippen molar-refractivity contribution in [1.82, 2.24) is 4.57 Å². The van der Waals surface area contributed by atoms with Gasteiger partial charge in [0, 0.05) is 12.6 Å². The van der Waals surface area contributed by atoms with E-state index in [-0.39, 0.29) is 11.1 Å². The Morgan fingerprint density at radius 2 is 1.64 bits per heavy atom. The van der Waals surface area contributed by atoms with Crippen molar-refractivity contribution in [1.29, 1.82) is 0 Å². The monoisotopic (exact) mass is 303 g/mol. The molecule has 0 unspecified atom stereocenters. The maximum atomic E-state index is 12.1. The van der Waals surface area contributed by atoms with E-state index in [2.05, 4.69) is 0 Å². The number of benzene rings is 1. The van der Waals surface area contributed by atoms with E-state index in [1.165, 1.54) is 32.0 Å². The van der Waals surface area contributed by atoms with Crippen LogP contribution in [0.3, 0.4) is 0 Å². The van der Waals surface area contributed by atoms with Crippen molar-refractivity contribution in [3.05, 3.63) is 40.2 Å². The van der Waals surface area contributed by atoms with Crippen molar-refractivity contribution in [3.63, 3.8) is 0 Å². The third kappa shape index (κ3) is 2.43. The van der Waals surface area contributed by atoms with Crippen LogP contribution in [-0.2, 0) is 7.05 Å². The fourth-order valence-corrected chi connectivity index (χ4v) is 2.32. The highest BCUT2D eigenvalue weighted by Gasteiger charge is 2.19. The summed E-state index contributed by atoms with van der Waals surface area (Å²) in [6.07, 6.45) is 0.540. The number of carbonyl (C=O) groups is 1. The molecular formula is C16H17NO5. The zero-order valence-electron chi connectivity index (χ0n) is 12.9. The zero-order valence-corrected chi connectivity index (χ0v) is 12.9. The third-order valence-corrected chi connectivity index (χ3v) is 3.44. The Morgan fingerprint density at radius 3 is 2.18 bits per heavy atom. The molecule has 1 heterocycles. The molecular weight excluding hydrogens is 286 g/mol. The first-order valence-corrected chi connectivity index (χ1v) is 6.53. The predicted molar refractivity (Wildman–Crippen MR) is 82.2 cm³/mol. The highest BCUT2D eigenvalue weighted by atomic mass is 16.5. The van der Waals surface area contributed by atoms with E-state index in [1.54, 1.807) is 25.2 Å². The van der Waals surface area contributed by atoms with Crippen LogP contribution in [0.1, 0.15) is 10.4 Å². The molecule has 0 radical (unpaired) electrons. The summed E-state index contributed by atoms with van der Waals surface area (Å²) in [6.45, 7) is 0. The lowest BCUT2D eigenvalue weighted by molar-refractivity contribution is 0.112. The number of hydrogen-bond donors (Lipinski definition) is 0. The van der Waals surface area contributed by atoms with Gasteiger partial charge in [-0.1, -0.05) is 0 Å². The molecule has 0 spiro atoms. The molecule has 1 aromatic heterocycles. The molecule has 2 aromatic rings. The number of pyridine rings is 1.